The van der Waals surface area contributed by atoms with E-state index >= 15 is 0 Å². The van der Waals surface area contributed by atoms with Crippen LogP contribution < -0.4 is 4.90 Å². The summed E-state index contributed by atoms with van der Waals surface area (Å²) < 4.78 is 2.35. The Kier molecular flexibility index (Phi) is 6.20. The van der Waals surface area contributed by atoms with Crippen molar-refractivity contribution in [1.82, 2.24) is 9.55 Å². The fourth-order valence-electron chi connectivity index (χ4n) is 6.49. The average molecular weight is 567 g/mol. The van der Waals surface area contributed by atoms with Crippen molar-refractivity contribution >= 4 is 55.4 Å². The first-order valence-corrected chi connectivity index (χ1v) is 14.9. The van der Waals surface area contributed by atoms with E-state index in [9.17, 15) is 0 Å². The predicted octanol–water partition coefficient (Wildman–Crippen LogP) is 9.96. The van der Waals surface area contributed by atoms with E-state index in [4.69, 9.17) is 4.99 Å². The molecule has 0 saturated heterocycles. The van der Waals surface area contributed by atoms with Crippen molar-refractivity contribution in [3.05, 3.63) is 163 Å². The summed E-state index contributed by atoms with van der Waals surface area (Å²) in [6.45, 7) is 7.10. The second-order valence-electron chi connectivity index (χ2n) is 11.2. The number of allylic oxidation sites excluding steroid dienone is 2. The van der Waals surface area contributed by atoms with Gasteiger partial charge in [-0.1, -0.05) is 85.5 Å². The first kappa shape index (κ1) is 25.9. The molecule has 4 heteroatoms. The van der Waals surface area contributed by atoms with Crippen molar-refractivity contribution in [3.63, 3.8) is 0 Å². The summed E-state index contributed by atoms with van der Waals surface area (Å²) >= 11 is 0. The molecule has 44 heavy (non-hydrogen) atoms. The predicted molar refractivity (Wildman–Crippen MR) is 185 cm³/mol. The lowest BCUT2D eigenvalue weighted by molar-refractivity contribution is 1.05. The summed E-state index contributed by atoms with van der Waals surface area (Å²) in [7, 11) is 0. The number of aromatic nitrogens is 2. The molecule has 0 fully saturated rings. The van der Waals surface area contributed by atoms with Gasteiger partial charge in [-0.25, -0.2) is 0 Å². The van der Waals surface area contributed by atoms with Crippen LogP contribution in [0.2, 0.25) is 0 Å². The van der Waals surface area contributed by atoms with E-state index in [0.717, 1.165) is 45.0 Å². The lowest BCUT2D eigenvalue weighted by atomic mass is 9.97. The van der Waals surface area contributed by atoms with Crippen molar-refractivity contribution in [2.75, 3.05) is 4.90 Å². The Morgan fingerprint density at radius 2 is 1.41 bits per heavy atom. The minimum Gasteiger partial charge on any atom is -0.309 e. The Hall–Kier alpha value is -5.74. The van der Waals surface area contributed by atoms with Crippen LogP contribution in [0.4, 0.5) is 11.4 Å². The maximum Gasteiger partial charge on any atom is 0.132 e. The largest absolute Gasteiger partial charge is 0.309 e. The zero-order valence-corrected chi connectivity index (χ0v) is 24.5. The third kappa shape index (κ3) is 4.23. The summed E-state index contributed by atoms with van der Waals surface area (Å²) in [6, 6.07) is 40.8. The number of nitrogens with zero attached hydrogens (tertiary/aromatic N) is 4. The van der Waals surface area contributed by atoms with E-state index in [0.29, 0.717) is 6.54 Å². The van der Waals surface area contributed by atoms with E-state index in [1.165, 1.54) is 32.8 Å². The molecule has 1 aliphatic heterocycles. The molecule has 0 saturated carbocycles. The Labute approximate surface area is 256 Å². The highest BCUT2D eigenvalue weighted by molar-refractivity contribution is 6.13. The summed E-state index contributed by atoms with van der Waals surface area (Å²) in [4.78, 5) is 12.0. The molecule has 0 radical (unpaired) electrons. The lowest BCUT2D eigenvalue weighted by Crippen LogP contribution is -2.25. The van der Waals surface area contributed by atoms with Gasteiger partial charge in [-0.05, 0) is 77.6 Å². The van der Waals surface area contributed by atoms with E-state index < -0.39 is 0 Å². The number of pyridine rings is 1. The zero-order chi connectivity index (χ0) is 29.6. The normalized spacial score (nSPS) is 13.8. The van der Waals surface area contributed by atoms with Gasteiger partial charge in [0.1, 0.15) is 5.84 Å². The van der Waals surface area contributed by atoms with Crippen LogP contribution in [-0.4, -0.2) is 15.4 Å². The number of benzene rings is 5. The van der Waals surface area contributed by atoms with Gasteiger partial charge in [0.25, 0.3) is 0 Å². The van der Waals surface area contributed by atoms with Crippen LogP contribution in [0, 0.1) is 6.92 Å². The molecule has 0 bridgehead atoms. The smallest absolute Gasteiger partial charge is 0.132 e. The zero-order valence-electron chi connectivity index (χ0n) is 24.5. The molecule has 7 aromatic rings. The van der Waals surface area contributed by atoms with E-state index in [1.807, 2.05) is 12.4 Å². The molecular weight excluding hydrogens is 536 g/mol. The van der Waals surface area contributed by atoms with Gasteiger partial charge in [-0.15, -0.1) is 0 Å². The summed E-state index contributed by atoms with van der Waals surface area (Å²) in [6.07, 6.45) is 8.03. The Morgan fingerprint density at radius 1 is 0.705 bits per heavy atom. The third-order valence-corrected chi connectivity index (χ3v) is 8.58. The molecule has 1 aliphatic rings. The Morgan fingerprint density at radius 3 is 2.16 bits per heavy atom. The van der Waals surface area contributed by atoms with Gasteiger partial charge in [0.2, 0.25) is 0 Å². The van der Waals surface area contributed by atoms with E-state index in [-0.39, 0.29) is 0 Å². The molecule has 0 atom stereocenters. The molecule has 3 heterocycles. The number of rotatable bonds is 3. The van der Waals surface area contributed by atoms with Gasteiger partial charge < -0.3 is 4.57 Å². The molecule has 4 nitrogen and oxygen atoms in total. The Bertz CT molecular complexity index is 2230. The van der Waals surface area contributed by atoms with Crippen molar-refractivity contribution < 1.29 is 0 Å². The van der Waals surface area contributed by atoms with Gasteiger partial charge in [0.05, 0.1) is 23.3 Å². The quantitative estimate of drug-likeness (QED) is 0.213. The van der Waals surface area contributed by atoms with Crippen molar-refractivity contribution in [3.8, 4) is 5.69 Å². The number of hydrogen-bond acceptors (Lipinski definition) is 3. The minimum absolute atomic E-state index is 0.510. The highest BCUT2D eigenvalue weighted by Crippen LogP contribution is 2.35. The van der Waals surface area contributed by atoms with Crippen LogP contribution in [0.15, 0.2) is 151 Å². The number of aliphatic imine (C=N–C) groups is 1. The maximum absolute atomic E-state index is 5.22. The van der Waals surface area contributed by atoms with Gasteiger partial charge in [-0.3, -0.25) is 14.9 Å². The molecule has 0 N–H and O–H groups in total. The molecular formula is C40H30N4. The van der Waals surface area contributed by atoms with Crippen LogP contribution in [0.3, 0.4) is 0 Å². The summed E-state index contributed by atoms with van der Waals surface area (Å²) in [5, 5.41) is 4.78. The molecule has 0 aliphatic carbocycles. The Balaban J connectivity index is 1.27. The van der Waals surface area contributed by atoms with Crippen LogP contribution >= 0.6 is 0 Å². The topological polar surface area (TPSA) is 33.4 Å². The van der Waals surface area contributed by atoms with Crippen molar-refractivity contribution in [2.45, 2.75) is 13.5 Å². The SMILES string of the molecule is C=C1/C=C\C(N(c2ccc(-n3c4ccccc4c4ccccc43)cc2)c2ccccc2C)=NCc2cncc3cccc1c23. The van der Waals surface area contributed by atoms with Crippen LogP contribution in [-0.2, 0) is 6.54 Å². The monoisotopic (exact) mass is 566 g/mol. The van der Waals surface area contributed by atoms with E-state index in [2.05, 4.69) is 155 Å². The second-order valence-corrected chi connectivity index (χ2v) is 11.2. The number of anilines is 2. The van der Waals surface area contributed by atoms with Crippen LogP contribution in [0.25, 0.3) is 43.8 Å². The third-order valence-electron chi connectivity index (χ3n) is 8.58. The standard InChI is InChI=1S/C40H30N4/c1-27-18-23-39(42-26-30-25-41-24-29-11-9-14-33(27)40(29)30)44(36-15-6-3-10-28(36)2)32-21-19-31(20-22-32)43-37-16-7-4-12-34(37)35-13-5-8-17-38(35)43/h3-25H,1,26H2,2H3/b23-18-,42-39?. The minimum atomic E-state index is 0.510. The fraction of sp³-hybridized carbons (Fsp3) is 0.0500. The van der Waals surface area contributed by atoms with E-state index in [1.54, 1.807) is 0 Å². The first-order valence-electron chi connectivity index (χ1n) is 14.9. The number of fused-ring (bicyclic) bond motifs is 3. The number of para-hydroxylation sites is 3. The summed E-state index contributed by atoms with van der Waals surface area (Å²) in [5.74, 6) is 0.842. The maximum atomic E-state index is 5.22. The molecule has 0 spiro atoms. The van der Waals surface area contributed by atoms with Gasteiger partial charge >= 0.3 is 0 Å². The molecule has 0 amide bonds. The molecule has 8 rings (SSSR count). The second kappa shape index (κ2) is 10.5. The number of aryl methyl sites for hydroxylation is 1. The first-order chi connectivity index (χ1) is 21.7. The number of hydrogen-bond donors (Lipinski definition) is 0. The molecule has 5 aromatic carbocycles. The summed E-state index contributed by atoms with van der Waals surface area (Å²) in [5.41, 5.74) is 9.94. The molecule has 0 unspecified atom stereocenters. The van der Waals surface area contributed by atoms with Crippen LogP contribution in [0.1, 0.15) is 16.7 Å². The van der Waals surface area contributed by atoms with Crippen molar-refractivity contribution in [1.29, 1.82) is 0 Å². The van der Waals surface area contributed by atoms with Crippen LogP contribution in [0.5, 0.6) is 0 Å². The fourth-order valence-corrected chi connectivity index (χ4v) is 6.49. The molecule has 210 valence electrons. The lowest BCUT2D eigenvalue weighted by Gasteiger charge is -2.27. The average Bonchev–Trinajstić information content (AvgIpc) is 3.43. The highest BCUT2D eigenvalue weighted by Gasteiger charge is 2.19. The van der Waals surface area contributed by atoms with Gasteiger partial charge in [-0.2, -0.15) is 0 Å². The van der Waals surface area contributed by atoms with Gasteiger partial charge in [0, 0.05) is 45.5 Å². The van der Waals surface area contributed by atoms with Gasteiger partial charge in [0.15, 0.2) is 0 Å². The molecule has 2 aromatic heterocycles. The highest BCUT2D eigenvalue weighted by atomic mass is 15.2. The number of amidine groups is 1. The van der Waals surface area contributed by atoms with Crippen molar-refractivity contribution in [2.24, 2.45) is 4.99 Å².